The SMILES string of the molecule is NC(=O)Oc1cccc2[nH]c(-c3cnccc3OCCCN3CCCCC3)nc12. The monoisotopic (exact) mass is 395 g/mol. The van der Waals surface area contributed by atoms with Gasteiger partial charge in [0.2, 0.25) is 0 Å². The number of carbonyl (C=O) groups is 1. The van der Waals surface area contributed by atoms with Crippen molar-refractivity contribution in [1.29, 1.82) is 0 Å². The number of likely N-dealkylation sites (tertiary alicyclic amines) is 1. The van der Waals surface area contributed by atoms with Crippen molar-refractivity contribution in [2.24, 2.45) is 5.73 Å². The zero-order valence-electron chi connectivity index (χ0n) is 16.3. The molecule has 8 heteroatoms. The molecule has 0 spiro atoms. The highest BCUT2D eigenvalue weighted by Crippen LogP contribution is 2.31. The largest absolute Gasteiger partial charge is 0.493 e. The van der Waals surface area contributed by atoms with Crippen LogP contribution in [0.15, 0.2) is 36.7 Å². The van der Waals surface area contributed by atoms with Crippen molar-refractivity contribution in [1.82, 2.24) is 19.9 Å². The Bertz CT molecular complexity index is 981. The van der Waals surface area contributed by atoms with Crippen molar-refractivity contribution in [3.8, 4) is 22.9 Å². The first-order chi connectivity index (χ1) is 14.2. The Kier molecular flexibility index (Phi) is 5.90. The third-order valence-electron chi connectivity index (χ3n) is 5.05. The third-order valence-corrected chi connectivity index (χ3v) is 5.05. The molecule has 4 rings (SSSR count). The number of primary amides is 1. The molecule has 152 valence electrons. The summed E-state index contributed by atoms with van der Waals surface area (Å²) in [5, 5.41) is 0. The summed E-state index contributed by atoms with van der Waals surface area (Å²) in [6, 6.07) is 7.11. The Morgan fingerprint density at radius 1 is 1.17 bits per heavy atom. The van der Waals surface area contributed by atoms with E-state index in [1.54, 1.807) is 24.5 Å². The molecule has 29 heavy (non-hydrogen) atoms. The Labute approximate surface area is 169 Å². The number of piperidine rings is 1. The van der Waals surface area contributed by atoms with Crippen molar-refractivity contribution in [2.75, 3.05) is 26.2 Å². The minimum Gasteiger partial charge on any atom is -0.493 e. The van der Waals surface area contributed by atoms with Crippen molar-refractivity contribution in [3.05, 3.63) is 36.7 Å². The first kappa shape index (κ1) is 19.2. The van der Waals surface area contributed by atoms with Gasteiger partial charge in [-0.3, -0.25) is 4.98 Å². The minimum absolute atomic E-state index is 0.311. The van der Waals surface area contributed by atoms with Gasteiger partial charge in [-0.15, -0.1) is 0 Å². The molecule has 2 aromatic heterocycles. The number of H-pyrrole nitrogens is 1. The van der Waals surface area contributed by atoms with Gasteiger partial charge < -0.3 is 25.1 Å². The summed E-state index contributed by atoms with van der Waals surface area (Å²) in [6.07, 6.45) is 7.45. The standard InChI is InChI=1S/C21H25N5O3/c22-21(27)29-18-7-4-6-16-19(18)25-20(24-16)15-14-23-9-8-17(15)28-13-5-12-26-10-2-1-3-11-26/h4,6-9,14H,1-3,5,10-13H2,(H2,22,27)(H,24,25). The fourth-order valence-corrected chi connectivity index (χ4v) is 3.66. The molecule has 8 nitrogen and oxygen atoms in total. The molecule has 3 N–H and O–H groups in total. The van der Waals surface area contributed by atoms with Gasteiger partial charge in [0.15, 0.2) is 5.75 Å². The van der Waals surface area contributed by atoms with Crippen LogP contribution in [0.4, 0.5) is 4.79 Å². The van der Waals surface area contributed by atoms with Gasteiger partial charge in [-0.25, -0.2) is 9.78 Å². The molecule has 3 heterocycles. The number of ether oxygens (including phenoxy) is 2. The second-order valence-corrected chi connectivity index (χ2v) is 7.13. The molecular weight excluding hydrogens is 370 g/mol. The van der Waals surface area contributed by atoms with Crippen molar-refractivity contribution < 1.29 is 14.3 Å². The number of aromatic amines is 1. The van der Waals surface area contributed by atoms with Gasteiger partial charge in [0.1, 0.15) is 17.1 Å². The number of imidazole rings is 1. The van der Waals surface area contributed by atoms with Gasteiger partial charge in [-0.05, 0) is 50.6 Å². The number of pyridine rings is 1. The zero-order chi connectivity index (χ0) is 20.1. The lowest BCUT2D eigenvalue weighted by Crippen LogP contribution is -2.31. The van der Waals surface area contributed by atoms with E-state index in [4.69, 9.17) is 15.2 Å². The van der Waals surface area contributed by atoms with Crippen molar-refractivity contribution in [2.45, 2.75) is 25.7 Å². The number of hydrogen-bond acceptors (Lipinski definition) is 6. The van der Waals surface area contributed by atoms with E-state index in [1.165, 1.54) is 32.4 Å². The highest BCUT2D eigenvalue weighted by Gasteiger charge is 2.15. The lowest BCUT2D eigenvalue weighted by atomic mass is 10.1. The van der Waals surface area contributed by atoms with Crippen LogP contribution in [0.1, 0.15) is 25.7 Å². The molecule has 1 fully saturated rings. The Morgan fingerprint density at radius 3 is 2.86 bits per heavy atom. The summed E-state index contributed by atoms with van der Waals surface area (Å²) >= 11 is 0. The first-order valence-corrected chi connectivity index (χ1v) is 9.96. The van der Waals surface area contributed by atoms with Crippen LogP contribution in [0.5, 0.6) is 11.5 Å². The van der Waals surface area contributed by atoms with Crippen LogP contribution in [0.3, 0.4) is 0 Å². The minimum atomic E-state index is -0.874. The number of nitrogens with one attached hydrogen (secondary N) is 1. The normalized spacial score (nSPS) is 14.8. The molecule has 1 saturated heterocycles. The van der Waals surface area contributed by atoms with E-state index in [9.17, 15) is 4.79 Å². The third kappa shape index (κ3) is 4.65. The maximum absolute atomic E-state index is 11.1. The molecule has 0 unspecified atom stereocenters. The van der Waals surface area contributed by atoms with Crippen molar-refractivity contribution >= 4 is 17.1 Å². The smallest absolute Gasteiger partial charge is 0.410 e. The predicted octanol–water partition coefficient (Wildman–Crippen LogP) is 3.34. The summed E-state index contributed by atoms with van der Waals surface area (Å²) < 4.78 is 11.1. The predicted molar refractivity (Wildman–Crippen MR) is 110 cm³/mol. The molecule has 1 amide bonds. The Hall–Kier alpha value is -3.13. The van der Waals surface area contributed by atoms with Gasteiger partial charge in [0, 0.05) is 18.9 Å². The number of para-hydroxylation sites is 1. The van der Waals surface area contributed by atoms with E-state index in [2.05, 4.69) is 19.9 Å². The van der Waals surface area contributed by atoms with E-state index in [1.807, 2.05) is 12.1 Å². The summed E-state index contributed by atoms with van der Waals surface area (Å²) in [5.74, 6) is 1.63. The maximum Gasteiger partial charge on any atom is 0.410 e. The van der Waals surface area contributed by atoms with E-state index in [0.717, 1.165) is 29.8 Å². The topological polar surface area (TPSA) is 106 Å². The average molecular weight is 395 g/mol. The summed E-state index contributed by atoms with van der Waals surface area (Å²) in [4.78, 5) is 25.7. The Balaban J connectivity index is 1.48. The summed E-state index contributed by atoms with van der Waals surface area (Å²) in [5.41, 5.74) is 7.17. The molecule has 0 radical (unpaired) electrons. The van der Waals surface area contributed by atoms with Crippen LogP contribution in [0, 0.1) is 0 Å². The van der Waals surface area contributed by atoms with Gasteiger partial charge in [-0.1, -0.05) is 12.5 Å². The van der Waals surface area contributed by atoms with E-state index in [0.29, 0.717) is 23.7 Å². The van der Waals surface area contributed by atoms with Crippen LogP contribution >= 0.6 is 0 Å². The Morgan fingerprint density at radius 2 is 2.03 bits per heavy atom. The second-order valence-electron chi connectivity index (χ2n) is 7.13. The number of rotatable bonds is 7. The van der Waals surface area contributed by atoms with Gasteiger partial charge in [-0.2, -0.15) is 0 Å². The van der Waals surface area contributed by atoms with Crippen LogP contribution in [-0.2, 0) is 0 Å². The number of aromatic nitrogens is 3. The molecular formula is C21H25N5O3. The number of benzene rings is 1. The molecule has 3 aromatic rings. The number of fused-ring (bicyclic) bond motifs is 1. The lowest BCUT2D eigenvalue weighted by Gasteiger charge is -2.26. The number of hydrogen-bond donors (Lipinski definition) is 2. The molecule has 0 saturated carbocycles. The number of carbonyl (C=O) groups excluding carboxylic acids is 1. The van der Waals surface area contributed by atoms with Crippen LogP contribution in [0.2, 0.25) is 0 Å². The van der Waals surface area contributed by atoms with Crippen LogP contribution < -0.4 is 15.2 Å². The second kappa shape index (κ2) is 8.91. The van der Waals surface area contributed by atoms with Crippen molar-refractivity contribution in [3.63, 3.8) is 0 Å². The zero-order valence-corrected chi connectivity index (χ0v) is 16.3. The van der Waals surface area contributed by atoms with Crippen LogP contribution in [0.25, 0.3) is 22.4 Å². The average Bonchev–Trinajstić information content (AvgIpc) is 3.17. The van der Waals surface area contributed by atoms with Gasteiger partial charge >= 0.3 is 6.09 Å². The molecule has 1 aromatic carbocycles. The van der Waals surface area contributed by atoms with Gasteiger partial charge in [0.05, 0.1) is 17.7 Å². The van der Waals surface area contributed by atoms with Gasteiger partial charge in [0.25, 0.3) is 0 Å². The van der Waals surface area contributed by atoms with E-state index >= 15 is 0 Å². The quantitative estimate of drug-likeness (QED) is 0.594. The highest BCUT2D eigenvalue weighted by molar-refractivity contribution is 5.87. The van der Waals surface area contributed by atoms with E-state index < -0.39 is 6.09 Å². The molecule has 0 aliphatic carbocycles. The lowest BCUT2D eigenvalue weighted by molar-refractivity contribution is 0.205. The molecule has 0 bridgehead atoms. The fraction of sp³-hybridized carbons (Fsp3) is 0.381. The highest BCUT2D eigenvalue weighted by atomic mass is 16.5. The molecule has 1 aliphatic rings. The fourth-order valence-electron chi connectivity index (χ4n) is 3.66. The molecule has 1 aliphatic heterocycles. The van der Waals surface area contributed by atoms with Crippen LogP contribution in [-0.4, -0.2) is 52.2 Å². The maximum atomic E-state index is 11.1. The number of nitrogens with two attached hydrogens (primary N) is 1. The molecule has 0 atom stereocenters. The number of amides is 1. The van der Waals surface area contributed by atoms with E-state index in [-0.39, 0.29) is 0 Å². The summed E-state index contributed by atoms with van der Waals surface area (Å²) in [7, 11) is 0. The first-order valence-electron chi connectivity index (χ1n) is 9.96. The summed E-state index contributed by atoms with van der Waals surface area (Å²) in [6.45, 7) is 4.06. The number of nitrogens with zero attached hydrogens (tertiary/aromatic N) is 3.